The molecule has 2 aliphatic heterocycles. The van der Waals surface area contributed by atoms with Crippen molar-refractivity contribution in [3.63, 3.8) is 0 Å². The maximum Gasteiger partial charge on any atom is 0.410 e. The maximum atomic E-state index is 14.0. The largest absolute Gasteiger partial charge is 0.447 e. The van der Waals surface area contributed by atoms with Crippen molar-refractivity contribution in [3.05, 3.63) is 64.9 Å². The number of allylic oxidation sites excluding steroid dienone is 4. The lowest BCUT2D eigenvalue weighted by Gasteiger charge is -2.46. The maximum absolute atomic E-state index is 14.0. The van der Waals surface area contributed by atoms with Crippen molar-refractivity contribution in [1.29, 1.82) is 0 Å². The summed E-state index contributed by atoms with van der Waals surface area (Å²) in [6.07, 6.45) is 7.98. The van der Waals surface area contributed by atoms with Gasteiger partial charge < -0.3 is 14.5 Å². The summed E-state index contributed by atoms with van der Waals surface area (Å²) in [6.45, 7) is 14.9. The van der Waals surface area contributed by atoms with Gasteiger partial charge in [0.2, 0.25) is 5.91 Å². The van der Waals surface area contributed by atoms with E-state index in [1.165, 1.54) is 12.0 Å². The third kappa shape index (κ3) is 5.69. The van der Waals surface area contributed by atoms with E-state index in [-0.39, 0.29) is 18.1 Å². The van der Waals surface area contributed by atoms with Crippen molar-refractivity contribution >= 4 is 35.0 Å². The molecule has 1 aromatic carbocycles. The fourth-order valence-electron chi connectivity index (χ4n) is 5.47. The number of halogens is 1. The molecule has 2 amide bonds. The van der Waals surface area contributed by atoms with Gasteiger partial charge in [0.05, 0.1) is 12.6 Å². The Morgan fingerprint density at radius 3 is 2.68 bits per heavy atom. The van der Waals surface area contributed by atoms with Gasteiger partial charge in [-0.2, -0.15) is 0 Å². The van der Waals surface area contributed by atoms with Gasteiger partial charge in [0.15, 0.2) is 0 Å². The van der Waals surface area contributed by atoms with E-state index >= 15 is 0 Å². The molecule has 3 aliphatic rings. The number of amides is 2. The number of fused-ring (bicyclic) bond motifs is 2. The molecule has 4 rings (SSSR count). The first kappa shape index (κ1) is 27.2. The zero-order valence-corrected chi connectivity index (χ0v) is 23.1. The van der Waals surface area contributed by atoms with Gasteiger partial charge in [-0.1, -0.05) is 41.5 Å². The molecule has 198 valence electrons. The Morgan fingerprint density at radius 1 is 1.27 bits per heavy atom. The summed E-state index contributed by atoms with van der Waals surface area (Å²) in [4.78, 5) is 35.0. The van der Waals surface area contributed by atoms with E-state index in [9.17, 15) is 9.59 Å². The number of likely N-dealkylation sites (tertiary alicyclic amines) is 1. The molecule has 0 radical (unpaired) electrons. The normalized spacial score (nSPS) is 18.8. The molecule has 0 unspecified atom stereocenters. The SMILES string of the molecule is C=CCCC(=C)CC(CN1C(=O)C2(CN(C(=O)OC(C)C)C2)c2ccc(Cl)cc21)=NC1=C(C)CCCC1. The highest BCUT2D eigenvalue weighted by Crippen LogP contribution is 2.48. The summed E-state index contributed by atoms with van der Waals surface area (Å²) in [5.74, 6) is -0.0166. The van der Waals surface area contributed by atoms with E-state index in [1.54, 1.807) is 4.90 Å². The summed E-state index contributed by atoms with van der Waals surface area (Å²) in [7, 11) is 0. The van der Waals surface area contributed by atoms with E-state index < -0.39 is 5.41 Å². The van der Waals surface area contributed by atoms with Crippen LogP contribution in [-0.4, -0.2) is 48.4 Å². The number of ether oxygens (including phenoxy) is 1. The Kier molecular flexibility index (Phi) is 8.27. The number of rotatable bonds is 9. The molecule has 0 atom stereocenters. The second-order valence-electron chi connectivity index (χ2n) is 10.8. The number of aliphatic imine (C=N–C) groups is 1. The Hall–Kier alpha value is -2.86. The zero-order valence-electron chi connectivity index (χ0n) is 22.3. The lowest BCUT2D eigenvalue weighted by Crippen LogP contribution is -2.65. The second-order valence-corrected chi connectivity index (χ2v) is 11.2. The fourth-order valence-corrected chi connectivity index (χ4v) is 5.63. The number of hydrogen-bond donors (Lipinski definition) is 0. The van der Waals surface area contributed by atoms with Gasteiger partial charge in [-0.3, -0.25) is 9.79 Å². The van der Waals surface area contributed by atoms with Crippen molar-refractivity contribution in [1.82, 2.24) is 4.90 Å². The van der Waals surface area contributed by atoms with Crippen LogP contribution in [0, 0.1) is 0 Å². The molecule has 1 aliphatic carbocycles. The van der Waals surface area contributed by atoms with Crippen molar-refractivity contribution in [3.8, 4) is 0 Å². The Labute approximate surface area is 225 Å². The Bertz CT molecular complexity index is 1160. The lowest BCUT2D eigenvalue weighted by molar-refractivity contribution is -0.128. The van der Waals surface area contributed by atoms with Crippen LogP contribution >= 0.6 is 11.6 Å². The number of anilines is 1. The monoisotopic (exact) mass is 523 g/mol. The topological polar surface area (TPSA) is 62.2 Å². The van der Waals surface area contributed by atoms with E-state index in [4.69, 9.17) is 21.3 Å². The summed E-state index contributed by atoms with van der Waals surface area (Å²) in [6, 6.07) is 5.60. The number of hydrogen-bond acceptors (Lipinski definition) is 4. The Balaban J connectivity index is 1.64. The predicted molar refractivity (Wildman–Crippen MR) is 150 cm³/mol. The van der Waals surface area contributed by atoms with Crippen LogP contribution in [0.1, 0.15) is 71.3 Å². The molecular weight excluding hydrogens is 486 g/mol. The fraction of sp³-hybridized carbons (Fsp3) is 0.500. The third-order valence-corrected chi connectivity index (χ3v) is 7.67. The smallest absolute Gasteiger partial charge is 0.410 e. The molecule has 1 aromatic rings. The minimum absolute atomic E-state index is 0.0166. The van der Waals surface area contributed by atoms with Gasteiger partial charge in [0.1, 0.15) is 5.41 Å². The second kappa shape index (κ2) is 11.3. The standard InChI is InChI=1S/C30H38ClN3O3/c1-6-7-10-21(4)15-24(32-26-12-9-8-11-22(26)5)17-34-27-16-23(31)13-14-25(27)30(28(34)35)18-33(19-30)29(36)37-20(2)3/h6,13-14,16,20H,1,4,7-12,15,17-19H2,2-3,5H3. The van der Waals surface area contributed by atoms with E-state index in [2.05, 4.69) is 20.1 Å². The van der Waals surface area contributed by atoms with Crippen LogP contribution in [0.15, 0.2) is 59.3 Å². The first-order chi connectivity index (χ1) is 17.6. The van der Waals surface area contributed by atoms with Crippen molar-refractivity contribution in [2.75, 3.05) is 24.5 Å². The number of carbonyl (C=O) groups is 2. The molecular formula is C30H38ClN3O3. The lowest BCUT2D eigenvalue weighted by atomic mass is 9.75. The highest BCUT2D eigenvalue weighted by atomic mass is 35.5. The van der Waals surface area contributed by atoms with E-state index in [1.807, 2.05) is 43.0 Å². The average molecular weight is 524 g/mol. The van der Waals surface area contributed by atoms with Crippen molar-refractivity contribution in [2.45, 2.75) is 77.2 Å². The average Bonchev–Trinajstić information content (AvgIpc) is 3.05. The van der Waals surface area contributed by atoms with Crippen LogP contribution in [0.25, 0.3) is 0 Å². The third-order valence-electron chi connectivity index (χ3n) is 7.43. The van der Waals surface area contributed by atoms with E-state index in [0.29, 0.717) is 31.1 Å². The molecule has 37 heavy (non-hydrogen) atoms. The summed E-state index contributed by atoms with van der Waals surface area (Å²) < 4.78 is 5.36. The molecule has 0 saturated carbocycles. The molecule has 1 saturated heterocycles. The molecule has 0 aromatic heterocycles. The molecule has 2 heterocycles. The predicted octanol–water partition coefficient (Wildman–Crippen LogP) is 6.99. The minimum Gasteiger partial charge on any atom is -0.447 e. The molecule has 1 fully saturated rings. The van der Waals surface area contributed by atoms with Crippen molar-refractivity contribution in [2.24, 2.45) is 4.99 Å². The van der Waals surface area contributed by atoms with Crippen LogP contribution in [0.3, 0.4) is 0 Å². The molecule has 0 bridgehead atoms. The summed E-state index contributed by atoms with van der Waals surface area (Å²) in [5.41, 5.74) is 5.40. The van der Waals surface area contributed by atoms with Crippen LogP contribution in [0.4, 0.5) is 10.5 Å². The van der Waals surface area contributed by atoms with Gasteiger partial charge >= 0.3 is 6.09 Å². The Morgan fingerprint density at radius 2 is 2.00 bits per heavy atom. The van der Waals surface area contributed by atoms with Crippen LogP contribution in [0.2, 0.25) is 5.02 Å². The van der Waals surface area contributed by atoms with Gasteiger partial charge in [-0.15, -0.1) is 6.58 Å². The van der Waals surface area contributed by atoms with Crippen molar-refractivity contribution < 1.29 is 14.3 Å². The summed E-state index contributed by atoms with van der Waals surface area (Å²) in [5, 5.41) is 0.573. The van der Waals surface area contributed by atoms with Gasteiger partial charge in [-0.05, 0) is 77.0 Å². The number of nitrogens with zero attached hydrogens (tertiary/aromatic N) is 3. The number of benzene rings is 1. The highest BCUT2D eigenvalue weighted by molar-refractivity contribution is 6.31. The van der Waals surface area contributed by atoms with E-state index in [0.717, 1.165) is 60.3 Å². The van der Waals surface area contributed by atoms with Crippen LogP contribution in [0.5, 0.6) is 0 Å². The molecule has 0 N–H and O–H groups in total. The highest BCUT2D eigenvalue weighted by Gasteiger charge is 2.59. The molecule has 7 heteroatoms. The molecule has 1 spiro atoms. The number of carbonyl (C=O) groups excluding carboxylic acids is 2. The minimum atomic E-state index is -0.777. The summed E-state index contributed by atoms with van der Waals surface area (Å²) >= 11 is 6.40. The quantitative estimate of drug-likeness (QED) is 0.259. The molecule has 6 nitrogen and oxygen atoms in total. The zero-order chi connectivity index (χ0) is 26.7. The first-order valence-electron chi connectivity index (χ1n) is 13.2. The van der Waals surface area contributed by atoms with Crippen LogP contribution < -0.4 is 4.90 Å². The van der Waals surface area contributed by atoms with Gasteiger partial charge in [-0.25, -0.2) is 4.79 Å². The van der Waals surface area contributed by atoms with Gasteiger partial charge in [0, 0.05) is 41.6 Å². The van der Waals surface area contributed by atoms with Crippen LogP contribution in [-0.2, 0) is 14.9 Å². The van der Waals surface area contributed by atoms with Gasteiger partial charge in [0.25, 0.3) is 0 Å². The first-order valence-corrected chi connectivity index (χ1v) is 13.6.